The molecule has 0 aliphatic carbocycles. The van der Waals surface area contributed by atoms with Gasteiger partial charge >= 0.3 is 11.9 Å². The molecule has 8 nitrogen and oxygen atoms in total. The summed E-state index contributed by atoms with van der Waals surface area (Å²) in [7, 11) is 0. The van der Waals surface area contributed by atoms with Gasteiger partial charge in [-0.2, -0.15) is 0 Å². The molecular weight excluding hydrogens is 200 g/mol. The molecule has 0 bridgehead atoms. The number of aliphatic hydroxyl groups excluding tert-OH is 4. The zero-order valence-corrected chi connectivity index (χ0v) is 6.81. The molecule has 4 atom stereocenters. The molecule has 0 fully saturated rings. The number of carboxylic acid groups (broad SMARTS) is 2. The Kier molecular flexibility index (Phi) is 4.44. The van der Waals surface area contributed by atoms with E-state index in [9.17, 15) is 9.59 Å². The van der Waals surface area contributed by atoms with Crippen LogP contribution >= 0.6 is 0 Å². The number of hydrogen-bond acceptors (Lipinski definition) is 6. The minimum Gasteiger partial charge on any atom is -0.479 e. The van der Waals surface area contributed by atoms with Gasteiger partial charge in [-0.15, -0.1) is 0 Å². The first-order chi connectivity index (χ1) is 6.29. The molecule has 0 heterocycles. The van der Waals surface area contributed by atoms with E-state index < -0.39 is 36.4 Å². The van der Waals surface area contributed by atoms with Gasteiger partial charge in [0.2, 0.25) is 0 Å². The van der Waals surface area contributed by atoms with Crippen molar-refractivity contribution in [1.82, 2.24) is 0 Å². The summed E-state index contributed by atoms with van der Waals surface area (Å²) in [6.45, 7) is 0. The minimum absolute atomic E-state index is 1.84. The highest BCUT2D eigenvalue weighted by Gasteiger charge is 2.37. The fourth-order valence-electron chi connectivity index (χ4n) is 0.666. The number of aliphatic carboxylic acids is 2. The van der Waals surface area contributed by atoms with Gasteiger partial charge in [0, 0.05) is 0 Å². The lowest BCUT2D eigenvalue weighted by Gasteiger charge is -2.21. The van der Waals surface area contributed by atoms with Crippen molar-refractivity contribution in [2.75, 3.05) is 0 Å². The average molecular weight is 210 g/mol. The largest absolute Gasteiger partial charge is 0.479 e. The lowest BCUT2D eigenvalue weighted by atomic mass is 10.0. The second-order valence-electron chi connectivity index (χ2n) is 2.55. The van der Waals surface area contributed by atoms with Crippen LogP contribution in [0, 0.1) is 0 Å². The van der Waals surface area contributed by atoms with Gasteiger partial charge in [-0.25, -0.2) is 9.59 Å². The summed E-state index contributed by atoms with van der Waals surface area (Å²) in [4.78, 5) is 20.2. The van der Waals surface area contributed by atoms with Gasteiger partial charge < -0.3 is 30.6 Å². The molecule has 0 aromatic heterocycles. The summed E-state index contributed by atoms with van der Waals surface area (Å²) < 4.78 is 0. The van der Waals surface area contributed by atoms with Crippen LogP contribution in [-0.2, 0) is 9.59 Å². The van der Waals surface area contributed by atoms with E-state index in [1.807, 2.05) is 0 Å². The third-order valence-corrected chi connectivity index (χ3v) is 1.50. The summed E-state index contributed by atoms with van der Waals surface area (Å²) in [5, 5.41) is 51.5. The SMILES string of the molecule is O=C(O)[C@H](O)[C@@H](O)[C@H](O)[C@@H](O)C(=O)O. The van der Waals surface area contributed by atoms with Crippen LogP contribution in [0.3, 0.4) is 0 Å². The molecule has 8 heteroatoms. The van der Waals surface area contributed by atoms with Gasteiger partial charge in [-0.1, -0.05) is 0 Å². The van der Waals surface area contributed by atoms with Crippen molar-refractivity contribution in [3.63, 3.8) is 0 Å². The molecule has 0 aliphatic heterocycles. The Balaban J connectivity index is 4.45. The molecule has 0 radical (unpaired) electrons. The maximum absolute atomic E-state index is 10.1. The lowest BCUT2D eigenvalue weighted by molar-refractivity contribution is -0.172. The maximum Gasteiger partial charge on any atom is 0.335 e. The van der Waals surface area contributed by atoms with Crippen LogP contribution in [0.1, 0.15) is 0 Å². The van der Waals surface area contributed by atoms with E-state index in [0.717, 1.165) is 0 Å². The van der Waals surface area contributed by atoms with E-state index in [4.69, 9.17) is 30.6 Å². The Morgan fingerprint density at radius 1 is 0.714 bits per heavy atom. The van der Waals surface area contributed by atoms with Crippen molar-refractivity contribution >= 4 is 11.9 Å². The van der Waals surface area contributed by atoms with E-state index in [-0.39, 0.29) is 0 Å². The molecular formula is C6H10O8. The topological polar surface area (TPSA) is 156 Å². The van der Waals surface area contributed by atoms with Crippen molar-refractivity contribution in [1.29, 1.82) is 0 Å². The van der Waals surface area contributed by atoms with Gasteiger partial charge in [0.05, 0.1) is 0 Å². The van der Waals surface area contributed by atoms with E-state index in [0.29, 0.717) is 0 Å². The van der Waals surface area contributed by atoms with Crippen LogP contribution in [0.2, 0.25) is 0 Å². The predicted octanol–water partition coefficient (Wildman–Crippen LogP) is -3.40. The van der Waals surface area contributed by atoms with Crippen LogP contribution in [0.4, 0.5) is 0 Å². The van der Waals surface area contributed by atoms with E-state index in [2.05, 4.69) is 0 Å². The van der Waals surface area contributed by atoms with Crippen molar-refractivity contribution in [2.24, 2.45) is 0 Å². The van der Waals surface area contributed by atoms with Crippen molar-refractivity contribution in [3.05, 3.63) is 0 Å². The monoisotopic (exact) mass is 210 g/mol. The maximum atomic E-state index is 10.1. The van der Waals surface area contributed by atoms with Gasteiger partial charge in [-0.05, 0) is 0 Å². The Labute approximate surface area is 77.7 Å². The second-order valence-corrected chi connectivity index (χ2v) is 2.55. The van der Waals surface area contributed by atoms with Crippen LogP contribution < -0.4 is 0 Å². The zero-order valence-electron chi connectivity index (χ0n) is 6.81. The van der Waals surface area contributed by atoms with Crippen molar-refractivity contribution < 1.29 is 40.2 Å². The second kappa shape index (κ2) is 4.86. The van der Waals surface area contributed by atoms with Gasteiger partial charge in [0.1, 0.15) is 12.2 Å². The molecule has 0 rings (SSSR count). The Morgan fingerprint density at radius 2 is 0.929 bits per heavy atom. The molecule has 0 aromatic carbocycles. The van der Waals surface area contributed by atoms with Crippen molar-refractivity contribution in [3.8, 4) is 0 Å². The van der Waals surface area contributed by atoms with Crippen LogP contribution in [0.15, 0.2) is 0 Å². The molecule has 0 unspecified atom stereocenters. The fraction of sp³-hybridized carbons (Fsp3) is 0.667. The number of rotatable bonds is 5. The first-order valence-corrected chi connectivity index (χ1v) is 3.47. The summed E-state index contributed by atoms with van der Waals surface area (Å²) in [6.07, 6.45) is -9.28. The number of hydrogen-bond donors (Lipinski definition) is 6. The predicted molar refractivity (Wildman–Crippen MR) is 39.3 cm³/mol. The standard InChI is InChI=1S/C6H10O8/c7-1(3(9)5(11)12)2(8)4(10)6(13)14/h1-4,7-10H,(H,11,12)(H,13,14)/t1-,2-,3+,4+/m0/s1. The molecule has 0 saturated carbocycles. The molecule has 14 heavy (non-hydrogen) atoms. The highest BCUT2D eigenvalue weighted by Crippen LogP contribution is 2.05. The molecule has 0 saturated heterocycles. The Morgan fingerprint density at radius 3 is 1.07 bits per heavy atom. The van der Waals surface area contributed by atoms with Gasteiger partial charge in [0.25, 0.3) is 0 Å². The third kappa shape index (κ3) is 2.92. The van der Waals surface area contributed by atoms with Crippen molar-refractivity contribution in [2.45, 2.75) is 24.4 Å². The lowest BCUT2D eigenvalue weighted by Crippen LogP contribution is -2.49. The van der Waals surface area contributed by atoms with E-state index >= 15 is 0 Å². The summed E-state index contributed by atoms with van der Waals surface area (Å²) in [5.74, 6) is -3.68. The quantitative estimate of drug-likeness (QED) is 0.274. The van der Waals surface area contributed by atoms with E-state index in [1.165, 1.54) is 0 Å². The summed E-state index contributed by atoms with van der Waals surface area (Å²) in [6, 6.07) is 0. The molecule has 6 N–H and O–H groups in total. The minimum atomic E-state index is -2.36. The smallest absolute Gasteiger partial charge is 0.335 e. The molecule has 0 aliphatic rings. The molecule has 0 amide bonds. The Hall–Kier alpha value is -1.22. The molecule has 0 spiro atoms. The van der Waals surface area contributed by atoms with E-state index in [1.54, 1.807) is 0 Å². The summed E-state index contributed by atoms with van der Waals surface area (Å²) >= 11 is 0. The van der Waals surface area contributed by atoms with Crippen LogP contribution in [0.5, 0.6) is 0 Å². The van der Waals surface area contributed by atoms with Gasteiger partial charge in [-0.3, -0.25) is 0 Å². The number of carbonyl (C=O) groups is 2. The molecule has 82 valence electrons. The first kappa shape index (κ1) is 12.8. The highest BCUT2D eigenvalue weighted by molar-refractivity contribution is 5.75. The zero-order chi connectivity index (χ0) is 11.5. The third-order valence-electron chi connectivity index (χ3n) is 1.50. The van der Waals surface area contributed by atoms with Crippen LogP contribution in [0.25, 0.3) is 0 Å². The number of carboxylic acids is 2. The van der Waals surface area contributed by atoms with Gasteiger partial charge in [0.15, 0.2) is 12.2 Å². The summed E-state index contributed by atoms with van der Waals surface area (Å²) in [5.41, 5.74) is 0. The highest BCUT2D eigenvalue weighted by atomic mass is 16.4. The normalized spacial score (nSPS) is 19.4. The number of aliphatic hydroxyl groups is 4. The molecule has 0 aromatic rings. The fourth-order valence-corrected chi connectivity index (χ4v) is 0.666. The average Bonchev–Trinajstić information content (AvgIpc) is 2.12. The van der Waals surface area contributed by atoms with Crippen LogP contribution in [-0.4, -0.2) is 67.0 Å². The Bertz CT molecular complexity index is 202. The first-order valence-electron chi connectivity index (χ1n) is 3.47.